The van der Waals surface area contributed by atoms with Crippen LogP contribution < -0.4 is 9.47 Å². The van der Waals surface area contributed by atoms with E-state index in [9.17, 15) is 14.7 Å². The van der Waals surface area contributed by atoms with Crippen LogP contribution in [0.25, 0.3) is 0 Å². The zero-order valence-corrected chi connectivity index (χ0v) is 18.1. The first kappa shape index (κ1) is 20.3. The van der Waals surface area contributed by atoms with Crippen molar-refractivity contribution in [2.24, 2.45) is 0 Å². The fourth-order valence-corrected chi connectivity index (χ4v) is 5.94. The lowest BCUT2D eigenvalue weighted by atomic mass is 9.50. The molecule has 0 unspecified atom stereocenters. The van der Waals surface area contributed by atoms with Crippen LogP contribution >= 0.6 is 0 Å². The number of rotatable bonds is 3. The van der Waals surface area contributed by atoms with Crippen LogP contribution in [0, 0.1) is 0 Å². The van der Waals surface area contributed by atoms with Crippen LogP contribution in [0.4, 0.5) is 4.79 Å². The Morgan fingerprint density at radius 2 is 2.13 bits per heavy atom. The second-order valence-electron chi connectivity index (χ2n) is 9.86. The molecule has 1 aromatic rings. The second kappa shape index (κ2) is 6.46. The third-order valence-corrected chi connectivity index (χ3v) is 7.11. The Kier molecular flexibility index (Phi) is 4.24. The SMILES string of the molecule is CN1CC[C@]23c4c5ccc(OC(=O)OC(C)(C)C)c4O[C@H]2C(OC=O)=CC[C@@]3(O)[C@H]1C5. The van der Waals surface area contributed by atoms with Crippen molar-refractivity contribution < 1.29 is 33.6 Å². The molecule has 31 heavy (non-hydrogen) atoms. The average molecular weight is 429 g/mol. The molecule has 1 fully saturated rings. The zero-order valence-electron chi connectivity index (χ0n) is 18.1. The van der Waals surface area contributed by atoms with E-state index in [1.54, 1.807) is 32.9 Å². The molecular weight excluding hydrogens is 402 g/mol. The topological polar surface area (TPSA) is 94.5 Å². The van der Waals surface area contributed by atoms with Gasteiger partial charge in [-0.2, -0.15) is 0 Å². The molecule has 2 aliphatic carbocycles. The first-order valence-electron chi connectivity index (χ1n) is 10.6. The Bertz CT molecular complexity index is 996. The van der Waals surface area contributed by atoms with Gasteiger partial charge in [0.15, 0.2) is 17.6 Å². The second-order valence-corrected chi connectivity index (χ2v) is 9.86. The maximum atomic E-state index is 12.4. The Labute approximate surface area is 180 Å². The van der Waals surface area contributed by atoms with Crippen molar-refractivity contribution in [3.63, 3.8) is 0 Å². The van der Waals surface area contributed by atoms with Crippen molar-refractivity contribution >= 4 is 12.6 Å². The van der Waals surface area contributed by atoms with E-state index in [1.807, 2.05) is 13.1 Å². The minimum atomic E-state index is -1.09. The number of carbonyl (C=O) groups excluding carboxylic acids is 2. The molecule has 8 heteroatoms. The van der Waals surface area contributed by atoms with Crippen LogP contribution in [0.1, 0.15) is 44.7 Å². The Morgan fingerprint density at radius 3 is 2.84 bits per heavy atom. The Balaban J connectivity index is 1.65. The molecule has 0 amide bonds. The number of hydrogen-bond donors (Lipinski definition) is 1. The average Bonchev–Trinajstić information content (AvgIpc) is 3.02. The van der Waals surface area contributed by atoms with E-state index in [2.05, 4.69) is 4.90 Å². The lowest BCUT2D eigenvalue weighted by Gasteiger charge is -2.61. The highest BCUT2D eigenvalue weighted by atomic mass is 16.7. The minimum absolute atomic E-state index is 0.0996. The summed E-state index contributed by atoms with van der Waals surface area (Å²) in [5.41, 5.74) is -0.682. The lowest BCUT2D eigenvalue weighted by Crippen LogP contribution is -2.74. The van der Waals surface area contributed by atoms with E-state index >= 15 is 0 Å². The van der Waals surface area contributed by atoms with E-state index < -0.39 is 28.9 Å². The quantitative estimate of drug-likeness (QED) is 0.445. The molecule has 2 aliphatic heterocycles. The summed E-state index contributed by atoms with van der Waals surface area (Å²) in [4.78, 5) is 25.7. The molecule has 1 saturated heterocycles. The maximum absolute atomic E-state index is 12.4. The van der Waals surface area contributed by atoms with Crippen molar-refractivity contribution in [2.45, 2.75) is 68.8 Å². The van der Waals surface area contributed by atoms with E-state index in [1.165, 1.54) is 0 Å². The number of nitrogens with zero attached hydrogens (tertiary/aromatic N) is 1. The van der Waals surface area contributed by atoms with Gasteiger partial charge < -0.3 is 29.0 Å². The Hall–Kier alpha value is -2.58. The zero-order chi connectivity index (χ0) is 22.2. The number of piperidine rings is 1. The third kappa shape index (κ3) is 2.67. The highest BCUT2D eigenvalue weighted by molar-refractivity contribution is 5.70. The molecule has 2 heterocycles. The van der Waals surface area contributed by atoms with Crippen LogP contribution in [0.3, 0.4) is 0 Å². The lowest BCUT2D eigenvalue weighted by molar-refractivity contribution is -0.166. The van der Waals surface area contributed by atoms with Gasteiger partial charge in [-0.05, 0) is 64.9 Å². The van der Waals surface area contributed by atoms with Gasteiger partial charge >= 0.3 is 6.16 Å². The molecule has 4 aliphatic rings. The molecule has 5 rings (SSSR count). The maximum Gasteiger partial charge on any atom is 0.514 e. The van der Waals surface area contributed by atoms with E-state index in [-0.39, 0.29) is 11.8 Å². The van der Waals surface area contributed by atoms with E-state index in [0.29, 0.717) is 37.2 Å². The van der Waals surface area contributed by atoms with Crippen molar-refractivity contribution in [3.8, 4) is 11.5 Å². The van der Waals surface area contributed by atoms with Gasteiger partial charge in [0.2, 0.25) is 0 Å². The molecule has 1 spiro atoms. The largest absolute Gasteiger partial charge is 0.514 e. The van der Waals surface area contributed by atoms with Crippen LogP contribution in [0.2, 0.25) is 0 Å². The molecule has 0 saturated carbocycles. The van der Waals surface area contributed by atoms with Gasteiger partial charge in [-0.3, -0.25) is 4.79 Å². The van der Waals surface area contributed by atoms with Gasteiger partial charge in [-0.25, -0.2) is 4.79 Å². The summed E-state index contributed by atoms with van der Waals surface area (Å²) < 4.78 is 22.5. The van der Waals surface area contributed by atoms with Crippen molar-refractivity contribution in [1.29, 1.82) is 0 Å². The van der Waals surface area contributed by atoms with Gasteiger partial charge in [-0.1, -0.05) is 6.07 Å². The van der Waals surface area contributed by atoms with Crippen LogP contribution in [-0.4, -0.2) is 59.6 Å². The highest BCUT2D eigenvalue weighted by Crippen LogP contribution is 2.65. The summed E-state index contributed by atoms with van der Waals surface area (Å²) >= 11 is 0. The molecule has 4 atom stereocenters. The van der Waals surface area contributed by atoms with Crippen molar-refractivity contribution in [2.75, 3.05) is 13.6 Å². The van der Waals surface area contributed by atoms with E-state index in [4.69, 9.17) is 18.9 Å². The molecule has 2 bridgehead atoms. The minimum Gasteiger partial charge on any atom is -0.477 e. The predicted octanol–water partition coefficient (Wildman–Crippen LogP) is 2.45. The van der Waals surface area contributed by atoms with Crippen LogP contribution in [0.5, 0.6) is 11.5 Å². The summed E-state index contributed by atoms with van der Waals surface area (Å²) in [5.74, 6) is 1.04. The van der Waals surface area contributed by atoms with Gasteiger partial charge in [0.25, 0.3) is 6.47 Å². The van der Waals surface area contributed by atoms with Gasteiger partial charge in [-0.15, -0.1) is 0 Å². The monoisotopic (exact) mass is 429 g/mol. The number of ether oxygens (including phenoxy) is 4. The number of likely N-dealkylation sites (N-methyl/N-ethyl adjacent to an activating group) is 1. The standard InChI is InChI=1S/C23H27NO7/c1-21(2,3)31-20(26)29-14-6-5-13-11-16-23(27)8-7-15(28-12-25)19-22(23,9-10-24(16)4)17(13)18(14)30-19/h5-7,12,16,19,27H,8-11H2,1-4H3/t16-,19+,22+,23-/m1/s1. The number of benzene rings is 1. The molecule has 166 valence electrons. The molecular formula is C23H27NO7. The van der Waals surface area contributed by atoms with Crippen molar-refractivity contribution in [1.82, 2.24) is 4.90 Å². The summed E-state index contributed by atoms with van der Waals surface area (Å²) in [6, 6.07) is 3.53. The summed E-state index contributed by atoms with van der Waals surface area (Å²) in [6.45, 7) is 6.43. The Morgan fingerprint density at radius 1 is 1.35 bits per heavy atom. The normalized spacial score (nSPS) is 33.0. The fourth-order valence-electron chi connectivity index (χ4n) is 5.94. The smallest absolute Gasteiger partial charge is 0.477 e. The summed E-state index contributed by atoms with van der Waals surface area (Å²) in [7, 11) is 2.02. The van der Waals surface area contributed by atoms with Gasteiger partial charge in [0.1, 0.15) is 11.4 Å². The van der Waals surface area contributed by atoms with Crippen LogP contribution in [-0.2, 0) is 26.1 Å². The first-order chi connectivity index (χ1) is 14.6. The predicted molar refractivity (Wildman–Crippen MR) is 109 cm³/mol. The summed E-state index contributed by atoms with van der Waals surface area (Å²) in [5, 5.41) is 12.1. The number of likely N-dealkylation sites (tertiary alicyclic amines) is 1. The highest BCUT2D eigenvalue weighted by Gasteiger charge is 2.72. The molecule has 1 aromatic carbocycles. The van der Waals surface area contributed by atoms with Crippen LogP contribution in [0.15, 0.2) is 24.0 Å². The first-order valence-corrected chi connectivity index (χ1v) is 10.6. The molecule has 0 aromatic heterocycles. The number of carbonyl (C=O) groups is 2. The number of hydrogen-bond acceptors (Lipinski definition) is 8. The molecule has 1 N–H and O–H groups in total. The van der Waals surface area contributed by atoms with Crippen molar-refractivity contribution in [3.05, 3.63) is 35.1 Å². The molecule has 0 radical (unpaired) electrons. The fraction of sp³-hybridized carbons (Fsp3) is 0.565. The third-order valence-electron chi connectivity index (χ3n) is 7.11. The van der Waals surface area contributed by atoms with Gasteiger partial charge in [0, 0.05) is 18.0 Å². The number of aliphatic hydroxyl groups is 1. The van der Waals surface area contributed by atoms with E-state index in [0.717, 1.165) is 17.7 Å². The molecule has 8 nitrogen and oxygen atoms in total. The summed E-state index contributed by atoms with van der Waals surface area (Å²) in [6.07, 6.45) is 1.86. The van der Waals surface area contributed by atoms with Gasteiger partial charge in [0.05, 0.1) is 11.0 Å².